The number of rotatable bonds is 5. The minimum Gasteiger partial charge on any atom is -0.337 e. The normalized spacial score (nSPS) is 21.8. The van der Waals surface area contributed by atoms with Crippen LogP contribution in [0, 0.1) is 6.92 Å². The van der Waals surface area contributed by atoms with Crippen LogP contribution in [-0.4, -0.2) is 68.6 Å². The monoisotopic (exact) mass is 396 g/mol. The molecule has 2 aliphatic rings. The molecule has 154 valence electrons. The lowest BCUT2D eigenvalue weighted by Gasteiger charge is -2.26. The Kier molecular flexibility index (Phi) is 5.62. The van der Waals surface area contributed by atoms with Gasteiger partial charge in [-0.2, -0.15) is 0 Å². The number of likely N-dealkylation sites (tertiary alicyclic amines) is 1. The molecular weight excluding hydrogens is 368 g/mol. The average Bonchev–Trinajstić information content (AvgIpc) is 3.29. The van der Waals surface area contributed by atoms with Crippen LogP contribution < -0.4 is 5.32 Å². The number of nitrogens with one attached hydrogen (secondary N) is 1. The summed E-state index contributed by atoms with van der Waals surface area (Å²) < 4.78 is 1.76. The van der Waals surface area contributed by atoms with Crippen molar-refractivity contribution in [2.45, 2.75) is 51.2 Å². The Morgan fingerprint density at radius 2 is 1.90 bits per heavy atom. The van der Waals surface area contributed by atoms with Gasteiger partial charge in [-0.3, -0.25) is 14.5 Å². The molecule has 29 heavy (non-hydrogen) atoms. The van der Waals surface area contributed by atoms with E-state index in [1.54, 1.807) is 23.3 Å². The number of nitrogens with zero attached hydrogens (tertiary/aromatic N) is 5. The molecule has 1 aromatic heterocycles. The van der Waals surface area contributed by atoms with Gasteiger partial charge in [0.2, 0.25) is 5.91 Å². The summed E-state index contributed by atoms with van der Waals surface area (Å²) >= 11 is 0. The third kappa shape index (κ3) is 4.32. The third-order valence-corrected chi connectivity index (χ3v) is 6.26. The number of anilines is 1. The SMILES string of the molecule is Cc1ccc(C(=O)N2CC[C@@H]3CC[C@H](C2)N3C)cc1NC(=O)CCn1cnnc1. The molecule has 2 amide bonds. The number of aryl methyl sites for hydroxylation is 2. The van der Waals surface area contributed by atoms with Crippen LogP contribution in [0.15, 0.2) is 30.9 Å². The number of hydrogen-bond donors (Lipinski definition) is 1. The van der Waals surface area contributed by atoms with Gasteiger partial charge in [-0.25, -0.2) is 0 Å². The van der Waals surface area contributed by atoms with Crippen molar-refractivity contribution in [1.82, 2.24) is 24.6 Å². The van der Waals surface area contributed by atoms with E-state index < -0.39 is 0 Å². The summed E-state index contributed by atoms with van der Waals surface area (Å²) in [4.78, 5) is 29.9. The Bertz CT molecular complexity index is 881. The number of benzene rings is 1. The van der Waals surface area contributed by atoms with Crippen LogP contribution >= 0.6 is 0 Å². The van der Waals surface area contributed by atoms with Gasteiger partial charge in [0, 0.05) is 49.4 Å². The smallest absolute Gasteiger partial charge is 0.253 e. The fraction of sp³-hybridized carbons (Fsp3) is 0.524. The van der Waals surface area contributed by atoms with E-state index in [4.69, 9.17) is 0 Å². The average molecular weight is 396 g/mol. The Labute approximate surface area is 170 Å². The van der Waals surface area contributed by atoms with E-state index in [0.717, 1.165) is 31.5 Å². The Morgan fingerprint density at radius 3 is 2.69 bits per heavy atom. The first kappa shape index (κ1) is 19.6. The Morgan fingerprint density at radius 1 is 1.14 bits per heavy atom. The summed E-state index contributed by atoms with van der Waals surface area (Å²) in [5.74, 6) is -0.0500. The Balaban J connectivity index is 1.42. The fourth-order valence-electron chi connectivity index (χ4n) is 4.35. The summed E-state index contributed by atoms with van der Waals surface area (Å²) in [6.07, 6.45) is 6.91. The Hall–Kier alpha value is -2.74. The molecule has 8 nitrogen and oxygen atoms in total. The molecule has 4 rings (SSSR count). The second kappa shape index (κ2) is 8.32. The molecule has 0 spiro atoms. The molecule has 2 aliphatic heterocycles. The molecule has 1 N–H and O–H groups in total. The summed E-state index contributed by atoms with van der Waals surface area (Å²) in [6.45, 7) is 4.02. The highest BCUT2D eigenvalue weighted by Gasteiger charge is 2.36. The number of likely N-dealkylation sites (N-methyl/N-ethyl adjacent to an activating group) is 1. The number of carbonyl (C=O) groups excluding carboxylic acids is 2. The molecule has 0 unspecified atom stereocenters. The van der Waals surface area contributed by atoms with Crippen LogP contribution in [0.25, 0.3) is 0 Å². The van der Waals surface area contributed by atoms with Crippen molar-refractivity contribution in [1.29, 1.82) is 0 Å². The van der Waals surface area contributed by atoms with E-state index >= 15 is 0 Å². The maximum absolute atomic E-state index is 13.1. The van der Waals surface area contributed by atoms with E-state index in [-0.39, 0.29) is 11.8 Å². The maximum atomic E-state index is 13.1. The summed E-state index contributed by atoms with van der Waals surface area (Å²) in [5, 5.41) is 10.4. The molecule has 2 fully saturated rings. The van der Waals surface area contributed by atoms with Crippen molar-refractivity contribution in [3.63, 3.8) is 0 Å². The van der Waals surface area contributed by atoms with Crippen LogP contribution in [0.3, 0.4) is 0 Å². The highest BCUT2D eigenvalue weighted by Crippen LogP contribution is 2.29. The fourth-order valence-corrected chi connectivity index (χ4v) is 4.35. The van der Waals surface area contributed by atoms with Crippen molar-refractivity contribution in [3.05, 3.63) is 42.0 Å². The number of aromatic nitrogens is 3. The number of fused-ring (bicyclic) bond motifs is 2. The van der Waals surface area contributed by atoms with Gasteiger partial charge in [0.05, 0.1) is 0 Å². The largest absolute Gasteiger partial charge is 0.337 e. The van der Waals surface area contributed by atoms with Crippen LogP contribution in [-0.2, 0) is 11.3 Å². The highest BCUT2D eigenvalue weighted by atomic mass is 16.2. The topological polar surface area (TPSA) is 83.4 Å². The van der Waals surface area contributed by atoms with Crippen molar-refractivity contribution in [3.8, 4) is 0 Å². The second-order valence-corrected chi connectivity index (χ2v) is 8.12. The number of amides is 2. The van der Waals surface area contributed by atoms with Gasteiger partial charge in [-0.15, -0.1) is 10.2 Å². The van der Waals surface area contributed by atoms with Crippen LogP contribution in [0.5, 0.6) is 0 Å². The van der Waals surface area contributed by atoms with E-state index in [0.29, 0.717) is 36.3 Å². The van der Waals surface area contributed by atoms with Crippen LogP contribution in [0.2, 0.25) is 0 Å². The van der Waals surface area contributed by atoms with E-state index in [1.165, 1.54) is 6.42 Å². The molecule has 2 saturated heterocycles. The quantitative estimate of drug-likeness (QED) is 0.835. The van der Waals surface area contributed by atoms with E-state index in [1.807, 2.05) is 24.0 Å². The van der Waals surface area contributed by atoms with E-state index in [2.05, 4.69) is 27.5 Å². The third-order valence-electron chi connectivity index (χ3n) is 6.26. The molecule has 2 atom stereocenters. The molecule has 3 heterocycles. The van der Waals surface area contributed by atoms with Crippen molar-refractivity contribution in [2.75, 3.05) is 25.5 Å². The molecule has 0 radical (unpaired) electrons. The molecule has 1 aromatic carbocycles. The first-order valence-electron chi connectivity index (χ1n) is 10.3. The summed E-state index contributed by atoms with van der Waals surface area (Å²) in [5.41, 5.74) is 2.26. The van der Waals surface area contributed by atoms with Crippen molar-refractivity contribution in [2.24, 2.45) is 0 Å². The predicted octanol–water partition coefficient (Wildman–Crippen LogP) is 1.92. The van der Waals surface area contributed by atoms with Gasteiger partial charge in [0.25, 0.3) is 5.91 Å². The predicted molar refractivity (Wildman–Crippen MR) is 110 cm³/mol. The van der Waals surface area contributed by atoms with Gasteiger partial charge >= 0.3 is 0 Å². The minimum atomic E-state index is -0.0971. The van der Waals surface area contributed by atoms with Gasteiger partial charge in [0.1, 0.15) is 12.7 Å². The first-order valence-corrected chi connectivity index (χ1v) is 10.3. The lowest BCUT2D eigenvalue weighted by Crippen LogP contribution is -2.39. The van der Waals surface area contributed by atoms with Gasteiger partial charge in [-0.1, -0.05) is 6.07 Å². The molecule has 2 aromatic rings. The summed E-state index contributed by atoms with van der Waals surface area (Å²) in [6, 6.07) is 6.61. The van der Waals surface area contributed by atoms with Gasteiger partial charge in [-0.05, 0) is 50.9 Å². The summed E-state index contributed by atoms with van der Waals surface area (Å²) in [7, 11) is 2.18. The molecule has 8 heteroatoms. The van der Waals surface area contributed by atoms with Crippen molar-refractivity contribution < 1.29 is 9.59 Å². The minimum absolute atomic E-state index is 0.0472. The highest BCUT2D eigenvalue weighted by molar-refractivity contribution is 5.97. The molecule has 2 bridgehead atoms. The standard InChI is InChI=1S/C21H28N6O2/c1-15-3-4-16(11-19(15)24-20(28)8-9-26-13-22-23-14-26)21(29)27-10-7-17-5-6-18(12-27)25(17)2/h3-4,11,13-14,17-18H,5-10,12H2,1-2H3,(H,24,28)/t17-,18+/m0/s1. The zero-order valence-corrected chi connectivity index (χ0v) is 17.0. The van der Waals surface area contributed by atoms with Crippen LogP contribution in [0.1, 0.15) is 41.6 Å². The van der Waals surface area contributed by atoms with E-state index in [9.17, 15) is 9.59 Å². The molecule has 0 saturated carbocycles. The zero-order valence-electron chi connectivity index (χ0n) is 17.0. The maximum Gasteiger partial charge on any atom is 0.253 e. The van der Waals surface area contributed by atoms with Gasteiger partial charge in [0.15, 0.2) is 0 Å². The lowest BCUT2D eigenvalue weighted by molar-refractivity contribution is -0.116. The molecule has 0 aliphatic carbocycles. The molecular formula is C21H28N6O2. The lowest BCUT2D eigenvalue weighted by atomic mass is 10.1. The second-order valence-electron chi connectivity index (χ2n) is 8.12. The number of hydrogen-bond acceptors (Lipinski definition) is 5. The number of carbonyl (C=O) groups is 2. The zero-order chi connectivity index (χ0) is 20.4. The van der Waals surface area contributed by atoms with Gasteiger partial charge < -0.3 is 14.8 Å². The first-order chi connectivity index (χ1) is 14.0. The van der Waals surface area contributed by atoms with Crippen LogP contribution in [0.4, 0.5) is 5.69 Å². The van der Waals surface area contributed by atoms with Crippen molar-refractivity contribution >= 4 is 17.5 Å².